The number of hydrogen-bond donors (Lipinski definition) is 0. The highest BCUT2D eigenvalue weighted by molar-refractivity contribution is 6.34. The van der Waals surface area contributed by atoms with Crippen LogP contribution in [0.4, 0.5) is 0 Å². The van der Waals surface area contributed by atoms with Gasteiger partial charge in [-0.2, -0.15) is 5.26 Å². The van der Waals surface area contributed by atoms with Gasteiger partial charge in [-0.15, -0.1) is 0 Å². The maximum absolute atomic E-state index is 8.86. The summed E-state index contributed by atoms with van der Waals surface area (Å²) < 4.78 is 1.80. The molecule has 80 valence electrons. The van der Waals surface area contributed by atoms with E-state index in [1.54, 1.807) is 22.9 Å². The van der Waals surface area contributed by atoms with E-state index >= 15 is 0 Å². The third-order valence-electron chi connectivity index (χ3n) is 2.18. The van der Waals surface area contributed by atoms with Crippen molar-refractivity contribution < 1.29 is 0 Å². The summed E-state index contributed by atoms with van der Waals surface area (Å²) in [5.74, 6) is 0. The van der Waals surface area contributed by atoms with Crippen molar-refractivity contribution in [2.24, 2.45) is 0 Å². The molecule has 5 heteroatoms. The summed E-state index contributed by atoms with van der Waals surface area (Å²) in [6.07, 6.45) is 3.44. The zero-order chi connectivity index (χ0) is 11.5. The lowest BCUT2D eigenvalue weighted by Gasteiger charge is -2.06. The lowest BCUT2D eigenvalue weighted by molar-refractivity contribution is 0.790. The molecule has 16 heavy (non-hydrogen) atoms. The second kappa shape index (κ2) is 4.56. The fourth-order valence-corrected chi connectivity index (χ4v) is 1.81. The molecule has 0 saturated carbocycles. The van der Waals surface area contributed by atoms with Gasteiger partial charge in [0.15, 0.2) is 0 Å². The summed E-state index contributed by atoms with van der Waals surface area (Å²) in [5, 5.41) is 9.77. The molecule has 2 rings (SSSR count). The molecule has 0 radical (unpaired) electrons. The Morgan fingerprint density at radius 2 is 2.25 bits per heavy atom. The Morgan fingerprint density at radius 1 is 1.44 bits per heavy atom. The minimum absolute atomic E-state index is 0.363. The summed E-state index contributed by atoms with van der Waals surface area (Å²) in [6.45, 7) is 0.513. The zero-order valence-electron chi connectivity index (χ0n) is 8.19. The first-order valence-electron chi connectivity index (χ1n) is 4.56. The van der Waals surface area contributed by atoms with E-state index in [4.69, 9.17) is 28.5 Å². The van der Waals surface area contributed by atoms with Crippen molar-refractivity contribution >= 4 is 23.2 Å². The van der Waals surface area contributed by atoms with Crippen LogP contribution in [-0.4, -0.2) is 9.55 Å². The Balaban J connectivity index is 2.31. The minimum atomic E-state index is 0.363. The van der Waals surface area contributed by atoms with E-state index in [1.165, 1.54) is 0 Å². The van der Waals surface area contributed by atoms with Gasteiger partial charge in [0, 0.05) is 18.0 Å². The van der Waals surface area contributed by atoms with E-state index in [2.05, 4.69) is 11.1 Å². The number of pyridine rings is 1. The molecular weight excluding hydrogens is 245 g/mol. The minimum Gasteiger partial charge on any atom is -0.335 e. The van der Waals surface area contributed by atoms with Crippen LogP contribution in [0.5, 0.6) is 0 Å². The topological polar surface area (TPSA) is 41.6 Å². The van der Waals surface area contributed by atoms with Crippen molar-refractivity contribution in [2.75, 3.05) is 0 Å². The van der Waals surface area contributed by atoms with Crippen molar-refractivity contribution in [3.8, 4) is 6.07 Å². The Hall–Kier alpha value is -1.50. The molecule has 0 unspecified atom stereocenters. The molecule has 0 fully saturated rings. The molecule has 0 atom stereocenters. The lowest BCUT2D eigenvalue weighted by atomic mass is 10.3. The fraction of sp³-hybridized carbons (Fsp3) is 0.0909. The molecule has 0 bridgehead atoms. The first-order valence-corrected chi connectivity index (χ1v) is 5.31. The highest BCUT2D eigenvalue weighted by Gasteiger charge is 2.05. The summed E-state index contributed by atoms with van der Waals surface area (Å²) in [4.78, 5) is 3.96. The molecule has 0 saturated heterocycles. The first kappa shape index (κ1) is 11.0. The van der Waals surface area contributed by atoms with Crippen LogP contribution in [0, 0.1) is 11.3 Å². The zero-order valence-corrected chi connectivity index (χ0v) is 9.70. The van der Waals surface area contributed by atoms with Crippen LogP contribution in [0.3, 0.4) is 0 Å². The Kier molecular flexibility index (Phi) is 3.14. The maximum atomic E-state index is 8.86. The van der Waals surface area contributed by atoms with Gasteiger partial charge >= 0.3 is 0 Å². The normalized spacial score (nSPS) is 10.1. The van der Waals surface area contributed by atoms with Crippen molar-refractivity contribution in [3.63, 3.8) is 0 Å². The van der Waals surface area contributed by atoms with Gasteiger partial charge in [0.05, 0.1) is 11.6 Å². The molecule has 0 aliphatic carbocycles. The molecule has 2 aromatic heterocycles. The van der Waals surface area contributed by atoms with Gasteiger partial charge in [0.25, 0.3) is 0 Å². The quantitative estimate of drug-likeness (QED) is 0.770. The van der Waals surface area contributed by atoms with Crippen LogP contribution in [0.2, 0.25) is 10.2 Å². The molecular formula is C11H7Cl2N3. The number of halogens is 2. The SMILES string of the molecule is N#Cc1cccn1Cc1cnc(Cl)cc1Cl. The van der Waals surface area contributed by atoms with E-state index in [1.807, 2.05) is 12.3 Å². The third-order valence-corrected chi connectivity index (χ3v) is 2.74. The van der Waals surface area contributed by atoms with Crippen LogP contribution in [0.15, 0.2) is 30.6 Å². The van der Waals surface area contributed by atoms with Gasteiger partial charge in [-0.05, 0) is 18.2 Å². The molecule has 2 heterocycles. The Bertz CT molecular complexity index is 555. The smallest absolute Gasteiger partial charge is 0.130 e. The summed E-state index contributed by atoms with van der Waals surface area (Å²) in [5.41, 5.74) is 1.42. The number of nitrogens with zero attached hydrogens (tertiary/aromatic N) is 3. The molecule has 0 aromatic carbocycles. The van der Waals surface area contributed by atoms with Gasteiger partial charge in [-0.25, -0.2) is 4.98 Å². The summed E-state index contributed by atoms with van der Waals surface area (Å²) in [7, 11) is 0. The largest absolute Gasteiger partial charge is 0.335 e. The van der Waals surface area contributed by atoms with Crippen molar-refractivity contribution in [2.45, 2.75) is 6.54 Å². The van der Waals surface area contributed by atoms with E-state index in [0.717, 1.165) is 5.56 Å². The van der Waals surface area contributed by atoms with Crippen molar-refractivity contribution in [3.05, 3.63) is 52.0 Å². The first-order chi connectivity index (χ1) is 7.70. The average Bonchev–Trinajstić information content (AvgIpc) is 2.69. The predicted molar refractivity (Wildman–Crippen MR) is 62.5 cm³/mol. The van der Waals surface area contributed by atoms with Crippen LogP contribution in [-0.2, 0) is 6.54 Å². The molecule has 0 spiro atoms. The molecule has 0 amide bonds. The van der Waals surface area contributed by atoms with Crippen LogP contribution in [0.1, 0.15) is 11.3 Å². The average molecular weight is 252 g/mol. The molecule has 0 aliphatic heterocycles. The third kappa shape index (κ3) is 2.19. The second-order valence-corrected chi connectivity index (χ2v) is 4.03. The summed E-state index contributed by atoms with van der Waals surface area (Å²) in [6, 6.07) is 7.25. The van der Waals surface area contributed by atoms with Crippen molar-refractivity contribution in [1.29, 1.82) is 5.26 Å². The fourth-order valence-electron chi connectivity index (χ4n) is 1.39. The Labute approximate surface area is 103 Å². The highest BCUT2D eigenvalue weighted by atomic mass is 35.5. The molecule has 0 aliphatic rings. The number of aromatic nitrogens is 2. The standard InChI is InChI=1S/C11H7Cl2N3/c12-10-4-11(13)15-6-8(10)7-16-3-1-2-9(16)5-14/h1-4,6H,7H2. The van der Waals surface area contributed by atoms with Crippen LogP contribution < -0.4 is 0 Å². The number of hydrogen-bond acceptors (Lipinski definition) is 2. The van der Waals surface area contributed by atoms with Crippen molar-refractivity contribution in [1.82, 2.24) is 9.55 Å². The maximum Gasteiger partial charge on any atom is 0.130 e. The van der Waals surface area contributed by atoms with Crippen LogP contribution >= 0.6 is 23.2 Å². The van der Waals surface area contributed by atoms with Gasteiger partial charge in [0.1, 0.15) is 16.9 Å². The van der Waals surface area contributed by atoms with Gasteiger partial charge in [-0.3, -0.25) is 0 Å². The monoisotopic (exact) mass is 251 g/mol. The van der Waals surface area contributed by atoms with Gasteiger partial charge in [-0.1, -0.05) is 23.2 Å². The molecule has 3 nitrogen and oxygen atoms in total. The second-order valence-electron chi connectivity index (χ2n) is 3.23. The van der Waals surface area contributed by atoms with Gasteiger partial charge < -0.3 is 4.57 Å². The molecule has 2 aromatic rings. The molecule has 0 N–H and O–H groups in total. The highest BCUT2D eigenvalue weighted by Crippen LogP contribution is 2.20. The van der Waals surface area contributed by atoms with Crippen LogP contribution in [0.25, 0.3) is 0 Å². The van der Waals surface area contributed by atoms with E-state index < -0.39 is 0 Å². The predicted octanol–water partition coefficient (Wildman–Crippen LogP) is 3.11. The van der Waals surface area contributed by atoms with E-state index in [-0.39, 0.29) is 0 Å². The van der Waals surface area contributed by atoms with Gasteiger partial charge in [0.2, 0.25) is 0 Å². The Morgan fingerprint density at radius 3 is 2.94 bits per heavy atom. The van der Waals surface area contributed by atoms with E-state index in [0.29, 0.717) is 22.4 Å². The summed E-state index contributed by atoms with van der Waals surface area (Å²) >= 11 is 11.7. The lowest BCUT2D eigenvalue weighted by Crippen LogP contribution is -2.01. The number of rotatable bonds is 2. The van der Waals surface area contributed by atoms with E-state index in [9.17, 15) is 0 Å². The number of nitriles is 1.